The number of hydrogen-bond acceptors (Lipinski definition) is 7. The minimum absolute atomic E-state index is 0.256. The van der Waals surface area contributed by atoms with E-state index in [1.807, 2.05) is 19.9 Å². The van der Waals surface area contributed by atoms with Crippen molar-refractivity contribution in [2.24, 2.45) is 11.8 Å². The van der Waals surface area contributed by atoms with Gasteiger partial charge < -0.3 is 9.47 Å². The molecule has 1 aliphatic heterocycles. The summed E-state index contributed by atoms with van der Waals surface area (Å²) >= 11 is 0. The number of ether oxygens (including phenoxy) is 2. The SMILES string of the molecule is CC1=CCC2C(=O)N(C(C)C(=O)OCC(=O)c3ccc(OC(=O)c4ccc(C)cc4)cc3)C(=O)C2C1. The third-order valence-electron chi connectivity index (χ3n) is 6.61. The van der Waals surface area contributed by atoms with Gasteiger partial charge in [-0.3, -0.25) is 19.3 Å². The molecule has 1 saturated heterocycles. The number of fused-ring (bicyclic) bond motifs is 1. The van der Waals surface area contributed by atoms with Gasteiger partial charge in [0.1, 0.15) is 11.8 Å². The molecule has 0 spiro atoms. The molecular formula is C28H27NO7. The van der Waals surface area contributed by atoms with Crippen molar-refractivity contribution in [3.63, 3.8) is 0 Å². The summed E-state index contributed by atoms with van der Waals surface area (Å²) in [6, 6.07) is 11.7. The number of nitrogens with zero attached hydrogens (tertiary/aromatic N) is 1. The van der Waals surface area contributed by atoms with E-state index in [1.54, 1.807) is 24.3 Å². The number of hydrogen-bond donors (Lipinski definition) is 0. The lowest BCUT2D eigenvalue weighted by Gasteiger charge is -2.21. The van der Waals surface area contributed by atoms with Gasteiger partial charge in [-0.05, 0) is 70.0 Å². The zero-order chi connectivity index (χ0) is 26.0. The zero-order valence-electron chi connectivity index (χ0n) is 20.4. The normalized spacial score (nSPS) is 19.9. The second-order valence-corrected chi connectivity index (χ2v) is 9.24. The number of benzene rings is 2. The second kappa shape index (κ2) is 10.3. The summed E-state index contributed by atoms with van der Waals surface area (Å²) in [6.45, 7) is 4.71. The third-order valence-corrected chi connectivity index (χ3v) is 6.61. The Kier molecular flexibility index (Phi) is 7.15. The van der Waals surface area contributed by atoms with E-state index < -0.39 is 42.2 Å². The highest BCUT2D eigenvalue weighted by Crippen LogP contribution is 2.38. The summed E-state index contributed by atoms with van der Waals surface area (Å²) < 4.78 is 10.5. The summed E-state index contributed by atoms with van der Waals surface area (Å²) in [5.41, 5.74) is 2.73. The van der Waals surface area contributed by atoms with E-state index in [1.165, 1.54) is 31.2 Å². The molecule has 1 heterocycles. The van der Waals surface area contributed by atoms with Crippen LogP contribution in [0, 0.1) is 18.8 Å². The van der Waals surface area contributed by atoms with Crippen LogP contribution in [0.3, 0.4) is 0 Å². The van der Waals surface area contributed by atoms with Crippen molar-refractivity contribution in [1.82, 2.24) is 4.90 Å². The molecule has 1 fully saturated rings. The molecule has 0 saturated carbocycles. The topological polar surface area (TPSA) is 107 Å². The first-order chi connectivity index (χ1) is 17.2. The molecule has 4 rings (SSSR count). The van der Waals surface area contributed by atoms with E-state index >= 15 is 0 Å². The molecule has 1 aliphatic carbocycles. The molecule has 8 heteroatoms. The molecule has 0 radical (unpaired) electrons. The van der Waals surface area contributed by atoms with Crippen molar-refractivity contribution in [1.29, 1.82) is 0 Å². The van der Waals surface area contributed by atoms with Crippen molar-refractivity contribution in [2.75, 3.05) is 6.61 Å². The van der Waals surface area contributed by atoms with Gasteiger partial charge >= 0.3 is 11.9 Å². The maximum atomic E-state index is 12.8. The van der Waals surface area contributed by atoms with E-state index in [9.17, 15) is 24.0 Å². The van der Waals surface area contributed by atoms with Crippen LogP contribution in [-0.4, -0.2) is 47.1 Å². The Morgan fingerprint density at radius 3 is 2.19 bits per heavy atom. The number of amides is 2. The number of carbonyl (C=O) groups excluding carboxylic acids is 5. The summed E-state index contributed by atoms with van der Waals surface area (Å²) in [4.78, 5) is 63.8. The van der Waals surface area contributed by atoms with Gasteiger partial charge in [-0.1, -0.05) is 29.3 Å². The first-order valence-corrected chi connectivity index (χ1v) is 11.8. The van der Waals surface area contributed by atoms with Crippen molar-refractivity contribution in [3.8, 4) is 5.75 Å². The molecule has 186 valence electrons. The van der Waals surface area contributed by atoms with Gasteiger partial charge in [-0.15, -0.1) is 0 Å². The van der Waals surface area contributed by atoms with Gasteiger partial charge in [0.15, 0.2) is 12.4 Å². The number of carbonyl (C=O) groups is 5. The van der Waals surface area contributed by atoms with Crippen molar-refractivity contribution in [2.45, 2.75) is 39.7 Å². The lowest BCUT2D eigenvalue weighted by molar-refractivity contribution is -0.157. The number of ketones is 1. The smallest absolute Gasteiger partial charge is 0.343 e. The van der Waals surface area contributed by atoms with Crippen LogP contribution in [0.2, 0.25) is 0 Å². The molecule has 36 heavy (non-hydrogen) atoms. The molecule has 3 atom stereocenters. The van der Waals surface area contributed by atoms with E-state index in [0.29, 0.717) is 18.4 Å². The quantitative estimate of drug-likeness (QED) is 0.192. The number of Topliss-reactive ketones (excluding diaryl/α,β-unsaturated/α-hetero) is 1. The molecule has 8 nitrogen and oxygen atoms in total. The van der Waals surface area contributed by atoms with Gasteiger partial charge in [-0.25, -0.2) is 9.59 Å². The van der Waals surface area contributed by atoms with Crippen LogP contribution in [-0.2, 0) is 19.1 Å². The first-order valence-electron chi connectivity index (χ1n) is 11.8. The average molecular weight is 490 g/mol. The van der Waals surface area contributed by atoms with Gasteiger partial charge in [-0.2, -0.15) is 0 Å². The van der Waals surface area contributed by atoms with E-state index in [-0.39, 0.29) is 23.1 Å². The minimum Gasteiger partial charge on any atom is -0.456 e. The molecule has 2 aliphatic rings. The highest BCUT2D eigenvalue weighted by Gasteiger charge is 2.51. The average Bonchev–Trinajstić information content (AvgIpc) is 3.11. The highest BCUT2D eigenvalue weighted by atomic mass is 16.5. The first kappa shape index (κ1) is 25.0. The summed E-state index contributed by atoms with van der Waals surface area (Å²) in [5, 5.41) is 0. The van der Waals surface area contributed by atoms with Gasteiger partial charge in [0, 0.05) is 5.56 Å². The summed E-state index contributed by atoms with van der Waals surface area (Å²) in [7, 11) is 0. The van der Waals surface area contributed by atoms with Gasteiger partial charge in [0.2, 0.25) is 11.8 Å². The fourth-order valence-corrected chi connectivity index (χ4v) is 4.46. The highest BCUT2D eigenvalue weighted by molar-refractivity contribution is 6.08. The summed E-state index contributed by atoms with van der Waals surface area (Å²) in [5.74, 6) is -3.19. The van der Waals surface area contributed by atoms with Crippen LogP contribution in [0.1, 0.15) is 53.0 Å². The number of imide groups is 1. The van der Waals surface area contributed by atoms with Crippen LogP contribution in [0.15, 0.2) is 60.2 Å². The maximum Gasteiger partial charge on any atom is 0.343 e. The Morgan fingerprint density at radius 1 is 0.917 bits per heavy atom. The van der Waals surface area contributed by atoms with E-state index in [0.717, 1.165) is 16.0 Å². The minimum atomic E-state index is -1.12. The zero-order valence-corrected chi connectivity index (χ0v) is 20.4. The van der Waals surface area contributed by atoms with Crippen LogP contribution < -0.4 is 4.74 Å². The third kappa shape index (κ3) is 5.12. The molecule has 0 aromatic heterocycles. The number of allylic oxidation sites excluding steroid dienone is 2. The van der Waals surface area contributed by atoms with Crippen molar-refractivity contribution >= 4 is 29.5 Å². The molecule has 2 aromatic carbocycles. The Bertz CT molecular complexity index is 1240. The maximum absolute atomic E-state index is 12.8. The number of aryl methyl sites for hydroxylation is 1. The molecule has 3 unspecified atom stereocenters. The number of esters is 2. The van der Waals surface area contributed by atoms with Crippen LogP contribution >= 0.6 is 0 Å². The largest absolute Gasteiger partial charge is 0.456 e. The van der Waals surface area contributed by atoms with Crippen molar-refractivity contribution in [3.05, 3.63) is 76.9 Å². The monoisotopic (exact) mass is 489 g/mol. The molecule has 2 aromatic rings. The Balaban J connectivity index is 1.31. The fraction of sp³-hybridized carbons (Fsp3) is 0.321. The number of rotatable bonds is 7. The van der Waals surface area contributed by atoms with E-state index in [4.69, 9.17) is 9.47 Å². The Morgan fingerprint density at radius 2 is 1.53 bits per heavy atom. The number of likely N-dealkylation sites (tertiary alicyclic amines) is 1. The predicted octanol–water partition coefficient (Wildman–Crippen LogP) is 3.67. The Hall–Kier alpha value is -4.07. The van der Waals surface area contributed by atoms with Crippen LogP contribution in [0.4, 0.5) is 0 Å². The molecule has 2 amide bonds. The summed E-state index contributed by atoms with van der Waals surface area (Å²) in [6.07, 6.45) is 2.93. The fourth-order valence-electron chi connectivity index (χ4n) is 4.46. The van der Waals surface area contributed by atoms with Crippen LogP contribution in [0.25, 0.3) is 0 Å². The Labute approximate surface area is 208 Å². The molecule has 0 bridgehead atoms. The molecular weight excluding hydrogens is 462 g/mol. The molecule has 0 N–H and O–H groups in total. The van der Waals surface area contributed by atoms with Crippen LogP contribution in [0.5, 0.6) is 5.75 Å². The standard InChI is InChI=1S/C28H27NO7/c1-16-4-7-20(8-5-16)28(34)36-21-11-9-19(10-12-21)24(30)15-35-27(33)18(3)29-25(31)22-13-6-17(2)14-23(22)26(29)32/h4-12,18,22-23H,13-15H2,1-3H3. The lowest BCUT2D eigenvalue weighted by Crippen LogP contribution is -2.44. The predicted molar refractivity (Wildman–Crippen MR) is 129 cm³/mol. The van der Waals surface area contributed by atoms with E-state index in [2.05, 4.69) is 0 Å². The van der Waals surface area contributed by atoms with Gasteiger partial charge in [0.05, 0.1) is 17.4 Å². The van der Waals surface area contributed by atoms with Crippen molar-refractivity contribution < 1.29 is 33.4 Å². The lowest BCUT2D eigenvalue weighted by atomic mass is 9.82. The van der Waals surface area contributed by atoms with Gasteiger partial charge in [0.25, 0.3) is 0 Å². The second-order valence-electron chi connectivity index (χ2n) is 9.24.